The first-order chi connectivity index (χ1) is 11.2. The summed E-state index contributed by atoms with van der Waals surface area (Å²) in [4.78, 5) is 0. The number of para-hydroxylation sites is 1. The Morgan fingerprint density at radius 1 is 1.09 bits per heavy atom. The van der Waals surface area contributed by atoms with Crippen molar-refractivity contribution >= 4 is 11.6 Å². The quantitative estimate of drug-likeness (QED) is 0.730. The van der Waals surface area contributed by atoms with Crippen molar-refractivity contribution in [2.45, 2.75) is 12.6 Å². The van der Waals surface area contributed by atoms with Crippen LogP contribution in [0.25, 0.3) is 5.69 Å². The summed E-state index contributed by atoms with van der Waals surface area (Å²) in [5.41, 5.74) is 2.82. The van der Waals surface area contributed by atoms with Gasteiger partial charge in [0.25, 0.3) is 0 Å². The first kappa shape index (κ1) is 15.7. The molecule has 0 fully saturated rings. The van der Waals surface area contributed by atoms with Crippen molar-refractivity contribution in [1.82, 2.24) is 15.1 Å². The van der Waals surface area contributed by atoms with Crippen LogP contribution in [0, 0.1) is 0 Å². The zero-order chi connectivity index (χ0) is 16.1. The topological polar surface area (TPSA) is 50.1 Å². The lowest BCUT2D eigenvalue weighted by Gasteiger charge is -2.13. The van der Waals surface area contributed by atoms with Crippen molar-refractivity contribution in [2.24, 2.45) is 0 Å². The Balaban J connectivity index is 1.55. The maximum Gasteiger partial charge on any atom is 0.0928 e. The summed E-state index contributed by atoms with van der Waals surface area (Å²) < 4.78 is 1.83. The molecule has 0 spiro atoms. The molecule has 118 valence electrons. The Morgan fingerprint density at radius 3 is 2.61 bits per heavy atom. The summed E-state index contributed by atoms with van der Waals surface area (Å²) in [7, 11) is 0. The van der Waals surface area contributed by atoms with Gasteiger partial charge in [0.1, 0.15) is 0 Å². The average molecular weight is 328 g/mol. The number of halogens is 1. The largest absolute Gasteiger partial charge is 0.387 e. The molecule has 1 unspecified atom stereocenters. The molecule has 0 saturated carbocycles. The highest BCUT2D eigenvalue weighted by Crippen LogP contribution is 2.21. The number of benzene rings is 2. The van der Waals surface area contributed by atoms with Crippen molar-refractivity contribution in [3.63, 3.8) is 0 Å². The number of rotatable bonds is 6. The fourth-order valence-corrected chi connectivity index (χ4v) is 2.64. The molecule has 1 aromatic heterocycles. The molecule has 2 N–H and O–H groups in total. The average Bonchev–Trinajstić information content (AvgIpc) is 3.05. The van der Waals surface area contributed by atoms with E-state index in [-0.39, 0.29) is 0 Å². The van der Waals surface area contributed by atoms with Crippen LogP contribution in [0.5, 0.6) is 0 Å². The molecule has 0 saturated heterocycles. The maximum atomic E-state index is 10.2. The summed E-state index contributed by atoms with van der Waals surface area (Å²) in [6, 6.07) is 17.3. The van der Waals surface area contributed by atoms with Crippen molar-refractivity contribution in [2.75, 3.05) is 6.54 Å². The lowest BCUT2D eigenvalue weighted by atomic mass is 10.1. The van der Waals surface area contributed by atoms with Gasteiger partial charge < -0.3 is 10.4 Å². The smallest absolute Gasteiger partial charge is 0.0928 e. The standard InChI is InChI=1S/C18H18ClN3O/c19-17-9-5-4-8-16(17)18(23)12-20-10-14-11-21-22(13-14)15-6-2-1-3-7-15/h1-9,11,13,18,20,23H,10,12H2. The molecule has 0 radical (unpaired) electrons. The summed E-state index contributed by atoms with van der Waals surface area (Å²) in [6.45, 7) is 1.06. The molecule has 0 aliphatic heterocycles. The summed E-state index contributed by atoms with van der Waals surface area (Å²) >= 11 is 6.09. The SMILES string of the molecule is OC(CNCc1cnn(-c2ccccc2)c1)c1ccccc1Cl. The molecule has 0 aliphatic rings. The molecule has 3 rings (SSSR count). The predicted molar refractivity (Wildman–Crippen MR) is 91.7 cm³/mol. The number of aromatic nitrogens is 2. The van der Waals surface area contributed by atoms with E-state index in [2.05, 4.69) is 10.4 Å². The minimum Gasteiger partial charge on any atom is -0.387 e. The maximum absolute atomic E-state index is 10.2. The summed E-state index contributed by atoms with van der Waals surface area (Å²) in [5.74, 6) is 0. The van der Waals surface area contributed by atoms with Crippen molar-refractivity contribution in [3.8, 4) is 5.69 Å². The van der Waals surface area contributed by atoms with Gasteiger partial charge in [0.2, 0.25) is 0 Å². The van der Waals surface area contributed by atoms with Gasteiger partial charge in [-0.3, -0.25) is 0 Å². The molecule has 3 aromatic rings. The van der Waals surface area contributed by atoms with E-state index in [1.165, 1.54) is 0 Å². The van der Waals surface area contributed by atoms with Gasteiger partial charge in [-0.1, -0.05) is 48.0 Å². The monoisotopic (exact) mass is 327 g/mol. The van der Waals surface area contributed by atoms with Crippen LogP contribution in [0.1, 0.15) is 17.2 Å². The fourth-order valence-electron chi connectivity index (χ4n) is 2.38. The second-order valence-corrected chi connectivity index (χ2v) is 5.70. The molecule has 0 amide bonds. The third kappa shape index (κ3) is 3.99. The third-order valence-corrected chi connectivity index (χ3v) is 3.93. The Labute approximate surface area is 140 Å². The number of hydrogen-bond acceptors (Lipinski definition) is 3. The Kier molecular flexibility index (Phi) is 5.08. The first-order valence-corrected chi connectivity index (χ1v) is 7.84. The number of aliphatic hydroxyl groups is 1. The van der Waals surface area contributed by atoms with Gasteiger partial charge >= 0.3 is 0 Å². The fraction of sp³-hybridized carbons (Fsp3) is 0.167. The van der Waals surface area contributed by atoms with Gasteiger partial charge in [-0.15, -0.1) is 0 Å². The van der Waals surface area contributed by atoms with Gasteiger partial charge in [0.05, 0.1) is 18.0 Å². The minimum atomic E-state index is -0.632. The molecule has 0 aliphatic carbocycles. The highest BCUT2D eigenvalue weighted by Gasteiger charge is 2.10. The van der Waals surface area contributed by atoms with Crippen molar-refractivity contribution in [1.29, 1.82) is 0 Å². The van der Waals surface area contributed by atoms with E-state index < -0.39 is 6.10 Å². The number of nitrogens with zero attached hydrogens (tertiary/aromatic N) is 2. The van der Waals surface area contributed by atoms with Crippen LogP contribution in [-0.2, 0) is 6.54 Å². The van der Waals surface area contributed by atoms with Gasteiger partial charge in [-0.25, -0.2) is 4.68 Å². The second kappa shape index (κ2) is 7.42. The Morgan fingerprint density at radius 2 is 1.83 bits per heavy atom. The Bertz CT molecular complexity index is 758. The van der Waals surface area contributed by atoms with Gasteiger partial charge in [0.15, 0.2) is 0 Å². The van der Waals surface area contributed by atoms with Gasteiger partial charge in [0, 0.05) is 35.4 Å². The third-order valence-electron chi connectivity index (χ3n) is 3.59. The van der Waals surface area contributed by atoms with E-state index >= 15 is 0 Å². The van der Waals surface area contributed by atoms with Gasteiger partial charge in [-0.2, -0.15) is 5.10 Å². The Hall–Kier alpha value is -2.14. The number of nitrogens with one attached hydrogen (secondary N) is 1. The van der Waals surface area contributed by atoms with Crippen molar-refractivity contribution < 1.29 is 5.11 Å². The highest BCUT2D eigenvalue weighted by atomic mass is 35.5. The molecule has 2 aromatic carbocycles. The molecule has 1 heterocycles. The second-order valence-electron chi connectivity index (χ2n) is 5.30. The molecule has 23 heavy (non-hydrogen) atoms. The van der Waals surface area contributed by atoms with Crippen LogP contribution in [-0.4, -0.2) is 21.4 Å². The molecule has 0 bridgehead atoms. The normalized spacial score (nSPS) is 12.3. The van der Waals surface area contributed by atoms with Crippen LogP contribution < -0.4 is 5.32 Å². The zero-order valence-electron chi connectivity index (χ0n) is 12.6. The van der Waals surface area contributed by atoms with Crippen LogP contribution >= 0.6 is 11.6 Å². The lowest BCUT2D eigenvalue weighted by molar-refractivity contribution is 0.174. The molecule has 1 atom stereocenters. The van der Waals surface area contributed by atoms with E-state index in [4.69, 9.17) is 11.6 Å². The van der Waals surface area contributed by atoms with Crippen LogP contribution in [0.15, 0.2) is 67.0 Å². The summed E-state index contributed by atoms with van der Waals surface area (Å²) in [5, 5.41) is 18.4. The lowest BCUT2D eigenvalue weighted by Crippen LogP contribution is -2.21. The van der Waals surface area contributed by atoms with Crippen LogP contribution in [0.4, 0.5) is 0 Å². The molecular weight excluding hydrogens is 310 g/mol. The van der Waals surface area contributed by atoms with E-state index in [0.29, 0.717) is 18.1 Å². The predicted octanol–water partition coefficient (Wildman–Crippen LogP) is 3.35. The van der Waals surface area contributed by atoms with Crippen LogP contribution in [0.3, 0.4) is 0 Å². The van der Waals surface area contributed by atoms with Crippen LogP contribution in [0.2, 0.25) is 5.02 Å². The van der Waals surface area contributed by atoms with Crippen molar-refractivity contribution in [3.05, 3.63) is 83.1 Å². The molecule has 4 nitrogen and oxygen atoms in total. The first-order valence-electron chi connectivity index (χ1n) is 7.46. The van der Waals surface area contributed by atoms with Gasteiger partial charge in [-0.05, 0) is 18.2 Å². The number of aliphatic hydroxyl groups excluding tert-OH is 1. The van der Waals surface area contributed by atoms with E-state index in [1.807, 2.05) is 65.6 Å². The zero-order valence-corrected chi connectivity index (χ0v) is 13.3. The van der Waals surface area contributed by atoms with E-state index in [9.17, 15) is 5.11 Å². The highest BCUT2D eigenvalue weighted by molar-refractivity contribution is 6.31. The van der Waals surface area contributed by atoms with E-state index in [0.717, 1.165) is 16.8 Å². The number of hydrogen-bond donors (Lipinski definition) is 2. The molecular formula is C18H18ClN3O. The van der Waals surface area contributed by atoms with E-state index in [1.54, 1.807) is 6.07 Å². The molecule has 5 heteroatoms. The minimum absolute atomic E-state index is 0.431. The summed E-state index contributed by atoms with van der Waals surface area (Å²) in [6.07, 6.45) is 3.17.